The van der Waals surface area contributed by atoms with Gasteiger partial charge in [-0.25, -0.2) is 14.8 Å². The first-order chi connectivity index (χ1) is 9.82. The van der Waals surface area contributed by atoms with Crippen LogP contribution in [-0.4, -0.2) is 28.7 Å². The molecule has 1 rings (SSSR count). The van der Waals surface area contributed by atoms with Gasteiger partial charge < -0.3 is 4.74 Å². The molecule has 0 aliphatic heterocycles. The third kappa shape index (κ3) is 3.42. The summed E-state index contributed by atoms with van der Waals surface area (Å²) >= 11 is 0. The van der Waals surface area contributed by atoms with Gasteiger partial charge in [-0.1, -0.05) is 0 Å². The van der Waals surface area contributed by atoms with Crippen LogP contribution >= 0.6 is 0 Å². The summed E-state index contributed by atoms with van der Waals surface area (Å²) < 4.78 is 105. The van der Waals surface area contributed by atoms with E-state index in [1.807, 2.05) is 0 Å². The molecule has 0 saturated heterocycles. The van der Waals surface area contributed by atoms with Crippen LogP contribution in [0.3, 0.4) is 0 Å². The van der Waals surface area contributed by atoms with E-state index in [2.05, 4.69) is 14.7 Å². The maximum atomic E-state index is 13.0. The molecule has 0 aliphatic rings. The molecule has 0 bridgehead atoms. The summed E-state index contributed by atoms with van der Waals surface area (Å²) in [7, 11) is 0. The Morgan fingerprint density at radius 2 is 1.68 bits per heavy atom. The van der Waals surface area contributed by atoms with Gasteiger partial charge in [-0.15, -0.1) is 0 Å². The van der Waals surface area contributed by atoms with Crippen LogP contribution < -0.4 is 0 Å². The van der Waals surface area contributed by atoms with Crippen LogP contribution in [0.2, 0.25) is 0 Å². The van der Waals surface area contributed by atoms with Crippen LogP contribution in [0.4, 0.5) is 35.1 Å². The molecule has 1 aromatic rings. The lowest BCUT2D eigenvalue weighted by molar-refractivity contribution is -0.292. The molecule has 0 aliphatic carbocycles. The monoisotopic (exact) mass is 338 g/mol. The summed E-state index contributed by atoms with van der Waals surface area (Å²) in [5, 5.41) is 0. The van der Waals surface area contributed by atoms with Gasteiger partial charge in [0.05, 0.1) is 6.61 Å². The van der Waals surface area contributed by atoms with Crippen molar-refractivity contribution in [3.63, 3.8) is 0 Å². The summed E-state index contributed by atoms with van der Waals surface area (Å²) in [5.74, 6) is -9.72. The first kappa shape index (κ1) is 18.0. The molecule has 0 spiro atoms. The Kier molecular flexibility index (Phi) is 4.63. The standard InChI is InChI=1S/C10H6F8N2O2/c1-2-22-6(21)4-3-19-7(8(11,12)10(16,17)18)20-5(4)9(13,14)15/h3H,2H2,1H3. The zero-order valence-electron chi connectivity index (χ0n) is 10.5. The minimum atomic E-state index is -6.19. The van der Waals surface area contributed by atoms with Gasteiger partial charge in [0.1, 0.15) is 5.56 Å². The SMILES string of the molecule is CCOC(=O)c1cnc(C(F)(F)C(F)(F)F)nc1C(F)(F)F. The average Bonchev–Trinajstić information content (AvgIpc) is 2.35. The molecule has 0 saturated carbocycles. The maximum absolute atomic E-state index is 13.0. The number of carbonyl (C=O) groups excluding carboxylic acids is 1. The van der Waals surface area contributed by atoms with E-state index in [4.69, 9.17) is 0 Å². The Morgan fingerprint density at radius 3 is 2.09 bits per heavy atom. The van der Waals surface area contributed by atoms with E-state index in [0.29, 0.717) is 0 Å². The highest BCUT2D eigenvalue weighted by atomic mass is 19.4. The van der Waals surface area contributed by atoms with Gasteiger partial charge in [0.25, 0.3) is 0 Å². The Bertz CT molecular complexity index is 567. The summed E-state index contributed by atoms with van der Waals surface area (Å²) in [6.45, 7) is 0.898. The number of nitrogens with zero attached hydrogens (tertiary/aromatic N) is 2. The lowest BCUT2D eigenvalue weighted by atomic mass is 10.2. The fourth-order valence-corrected chi connectivity index (χ4v) is 1.23. The number of ether oxygens (including phenoxy) is 1. The van der Waals surface area contributed by atoms with Crippen LogP contribution in [0, 0.1) is 0 Å². The van der Waals surface area contributed by atoms with Gasteiger partial charge in [-0.05, 0) is 6.92 Å². The number of aromatic nitrogens is 2. The van der Waals surface area contributed by atoms with Crippen molar-refractivity contribution in [2.45, 2.75) is 25.2 Å². The molecule has 1 heterocycles. The molecule has 0 radical (unpaired) electrons. The molecular weight excluding hydrogens is 332 g/mol. The van der Waals surface area contributed by atoms with Crippen LogP contribution in [0.5, 0.6) is 0 Å². The fourth-order valence-electron chi connectivity index (χ4n) is 1.23. The Hall–Kier alpha value is -2.01. The van der Waals surface area contributed by atoms with Crippen molar-refractivity contribution in [3.05, 3.63) is 23.3 Å². The minimum Gasteiger partial charge on any atom is -0.462 e. The third-order valence-electron chi connectivity index (χ3n) is 2.19. The number of hydrogen-bond donors (Lipinski definition) is 0. The molecule has 0 amide bonds. The zero-order valence-corrected chi connectivity index (χ0v) is 10.5. The maximum Gasteiger partial charge on any atom is 0.461 e. The van der Waals surface area contributed by atoms with Gasteiger partial charge >= 0.3 is 24.2 Å². The number of esters is 1. The van der Waals surface area contributed by atoms with Crippen LogP contribution in [0.1, 0.15) is 28.8 Å². The van der Waals surface area contributed by atoms with E-state index < -0.39 is 41.3 Å². The molecule has 124 valence electrons. The summed E-state index contributed by atoms with van der Waals surface area (Å²) in [6, 6.07) is 0. The van der Waals surface area contributed by atoms with Crippen molar-refractivity contribution >= 4 is 5.97 Å². The van der Waals surface area contributed by atoms with E-state index >= 15 is 0 Å². The van der Waals surface area contributed by atoms with Crippen molar-refractivity contribution in [2.75, 3.05) is 6.61 Å². The van der Waals surface area contributed by atoms with Gasteiger partial charge in [0.2, 0.25) is 5.82 Å². The van der Waals surface area contributed by atoms with Gasteiger partial charge in [-0.3, -0.25) is 0 Å². The van der Waals surface area contributed by atoms with E-state index in [0.717, 1.165) is 0 Å². The highest BCUT2D eigenvalue weighted by Crippen LogP contribution is 2.43. The van der Waals surface area contributed by atoms with Crippen molar-refractivity contribution in [1.82, 2.24) is 9.97 Å². The van der Waals surface area contributed by atoms with Crippen LogP contribution in [0.25, 0.3) is 0 Å². The third-order valence-corrected chi connectivity index (χ3v) is 2.19. The lowest BCUT2D eigenvalue weighted by Gasteiger charge is -2.19. The average molecular weight is 338 g/mol. The number of alkyl halides is 8. The Morgan fingerprint density at radius 1 is 1.14 bits per heavy atom. The molecule has 1 aromatic heterocycles. The number of halogens is 8. The lowest BCUT2D eigenvalue weighted by Crippen LogP contribution is -2.36. The molecular formula is C10H6F8N2O2. The van der Waals surface area contributed by atoms with Gasteiger partial charge in [0.15, 0.2) is 5.69 Å². The predicted molar refractivity (Wildman–Crippen MR) is 52.9 cm³/mol. The van der Waals surface area contributed by atoms with Crippen LogP contribution in [-0.2, 0) is 16.8 Å². The van der Waals surface area contributed by atoms with Gasteiger partial charge in [-0.2, -0.15) is 35.1 Å². The fraction of sp³-hybridized carbons (Fsp3) is 0.500. The van der Waals surface area contributed by atoms with Crippen molar-refractivity contribution in [2.24, 2.45) is 0 Å². The Labute approximate surface area is 117 Å². The molecule has 12 heteroatoms. The smallest absolute Gasteiger partial charge is 0.461 e. The van der Waals surface area contributed by atoms with Crippen molar-refractivity contribution in [3.8, 4) is 0 Å². The second-order valence-electron chi connectivity index (χ2n) is 3.75. The van der Waals surface area contributed by atoms with Crippen molar-refractivity contribution in [1.29, 1.82) is 0 Å². The summed E-state index contributed by atoms with van der Waals surface area (Å²) in [6.07, 6.45) is -11.7. The van der Waals surface area contributed by atoms with Crippen molar-refractivity contribution < 1.29 is 44.7 Å². The number of rotatable bonds is 3. The molecule has 0 aromatic carbocycles. The summed E-state index contributed by atoms with van der Waals surface area (Å²) in [4.78, 5) is 15.9. The second kappa shape index (κ2) is 5.65. The van der Waals surface area contributed by atoms with Crippen LogP contribution in [0.15, 0.2) is 6.20 Å². The van der Waals surface area contributed by atoms with Gasteiger partial charge in [0, 0.05) is 6.20 Å². The van der Waals surface area contributed by atoms with E-state index in [9.17, 15) is 39.9 Å². The van der Waals surface area contributed by atoms with E-state index in [1.165, 1.54) is 6.92 Å². The number of carbonyl (C=O) groups is 1. The summed E-state index contributed by atoms with van der Waals surface area (Å²) in [5.41, 5.74) is -3.60. The zero-order chi connectivity index (χ0) is 17.3. The Balaban J connectivity index is 3.49. The normalized spacial score (nSPS) is 13.1. The quantitative estimate of drug-likeness (QED) is 0.627. The van der Waals surface area contributed by atoms with E-state index in [-0.39, 0.29) is 12.8 Å². The highest BCUT2D eigenvalue weighted by molar-refractivity contribution is 5.90. The molecule has 22 heavy (non-hydrogen) atoms. The first-order valence-electron chi connectivity index (χ1n) is 5.38. The topological polar surface area (TPSA) is 52.1 Å². The second-order valence-corrected chi connectivity index (χ2v) is 3.75. The molecule has 0 atom stereocenters. The van der Waals surface area contributed by atoms with E-state index in [1.54, 1.807) is 0 Å². The highest BCUT2D eigenvalue weighted by Gasteiger charge is 2.61. The predicted octanol–water partition coefficient (Wildman–Crippen LogP) is 3.33. The minimum absolute atomic E-state index is 0.0806. The number of hydrogen-bond acceptors (Lipinski definition) is 4. The molecule has 4 nitrogen and oxygen atoms in total. The molecule has 0 fully saturated rings. The largest absolute Gasteiger partial charge is 0.462 e. The molecule has 0 N–H and O–H groups in total. The molecule has 0 unspecified atom stereocenters. The first-order valence-corrected chi connectivity index (χ1v) is 5.38.